The number of alkyl halides is 3. The number of piperazine rings is 1. The van der Waals surface area contributed by atoms with Gasteiger partial charge in [-0.25, -0.2) is 0 Å². The molecule has 1 aliphatic rings. The van der Waals surface area contributed by atoms with Crippen molar-refractivity contribution in [2.45, 2.75) is 12.7 Å². The largest absolute Gasteiger partial charge is 0.416 e. The summed E-state index contributed by atoms with van der Waals surface area (Å²) < 4.78 is 44.0. The Bertz CT molecular complexity index is 1080. The topological polar surface area (TPSA) is 62.5 Å². The number of halogens is 4. The number of carbonyl (C=O) groups excluding carboxylic acids is 1. The van der Waals surface area contributed by atoms with Crippen molar-refractivity contribution in [3.63, 3.8) is 0 Å². The van der Waals surface area contributed by atoms with Gasteiger partial charge in [-0.1, -0.05) is 35.0 Å². The molecule has 1 amide bonds. The molecule has 3 aromatic rings. The van der Waals surface area contributed by atoms with Gasteiger partial charge in [0.25, 0.3) is 11.8 Å². The first-order chi connectivity index (χ1) is 14.8. The van der Waals surface area contributed by atoms with E-state index < -0.39 is 17.6 Å². The van der Waals surface area contributed by atoms with E-state index in [4.69, 9.17) is 16.1 Å². The SMILES string of the molecule is O=C(c1cccc(C(F)(F)F)c1)N1CCN(Cc2noc(-c3ccccc3Cl)n2)CC1. The van der Waals surface area contributed by atoms with Crippen molar-refractivity contribution in [3.8, 4) is 11.5 Å². The van der Waals surface area contributed by atoms with Crippen LogP contribution in [-0.2, 0) is 12.7 Å². The van der Waals surface area contributed by atoms with E-state index in [9.17, 15) is 18.0 Å². The monoisotopic (exact) mass is 450 g/mol. The zero-order chi connectivity index (χ0) is 22.0. The fourth-order valence-corrected chi connectivity index (χ4v) is 3.60. The van der Waals surface area contributed by atoms with Gasteiger partial charge in [0, 0.05) is 31.7 Å². The number of amides is 1. The average molecular weight is 451 g/mol. The zero-order valence-electron chi connectivity index (χ0n) is 16.3. The first-order valence-corrected chi connectivity index (χ1v) is 9.95. The van der Waals surface area contributed by atoms with Crippen LogP contribution in [0.3, 0.4) is 0 Å². The van der Waals surface area contributed by atoms with Crippen molar-refractivity contribution in [3.05, 3.63) is 70.5 Å². The van der Waals surface area contributed by atoms with Gasteiger partial charge in [0.2, 0.25) is 0 Å². The fraction of sp³-hybridized carbons (Fsp3) is 0.286. The van der Waals surface area contributed by atoms with E-state index in [1.165, 1.54) is 12.1 Å². The highest BCUT2D eigenvalue weighted by molar-refractivity contribution is 6.33. The lowest BCUT2D eigenvalue weighted by molar-refractivity contribution is -0.137. The molecule has 0 bridgehead atoms. The van der Waals surface area contributed by atoms with Crippen LogP contribution in [0.25, 0.3) is 11.5 Å². The number of hydrogen-bond acceptors (Lipinski definition) is 5. The van der Waals surface area contributed by atoms with E-state index in [0.29, 0.717) is 55.0 Å². The first-order valence-electron chi connectivity index (χ1n) is 9.57. The van der Waals surface area contributed by atoms with Gasteiger partial charge < -0.3 is 9.42 Å². The van der Waals surface area contributed by atoms with Crippen molar-refractivity contribution < 1.29 is 22.5 Å². The van der Waals surface area contributed by atoms with Crippen LogP contribution in [-0.4, -0.2) is 52.0 Å². The standard InChI is InChI=1S/C21H18ClF3N4O2/c22-17-7-2-1-6-16(17)19-26-18(27-31-19)13-28-8-10-29(11-9-28)20(30)14-4-3-5-15(12-14)21(23,24)25/h1-7,12H,8-11,13H2. The van der Waals surface area contributed by atoms with Crippen LogP contribution < -0.4 is 0 Å². The highest BCUT2D eigenvalue weighted by atomic mass is 35.5. The summed E-state index contributed by atoms with van der Waals surface area (Å²) in [7, 11) is 0. The molecular formula is C21H18ClF3N4O2. The molecule has 2 heterocycles. The lowest BCUT2D eigenvalue weighted by Gasteiger charge is -2.34. The molecule has 1 aliphatic heterocycles. The quantitative estimate of drug-likeness (QED) is 0.590. The number of aromatic nitrogens is 2. The Labute approximate surface area is 181 Å². The summed E-state index contributed by atoms with van der Waals surface area (Å²) >= 11 is 6.15. The molecule has 0 saturated carbocycles. The maximum absolute atomic E-state index is 12.9. The van der Waals surface area contributed by atoms with Crippen molar-refractivity contribution in [1.82, 2.24) is 19.9 Å². The lowest BCUT2D eigenvalue weighted by atomic mass is 10.1. The Kier molecular flexibility index (Phi) is 5.97. The molecule has 1 aromatic heterocycles. The Balaban J connectivity index is 1.35. The maximum atomic E-state index is 12.9. The van der Waals surface area contributed by atoms with Crippen LogP contribution in [0.2, 0.25) is 5.02 Å². The highest BCUT2D eigenvalue weighted by Gasteiger charge is 2.31. The van der Waals surface area contributed by atoms with Crippen molar-refractivity contribution in [2.75, 3.05) is 26.2 Å². The first kappa shape index (κ1) is 21.3. The minimum Gasteiger partial charge on any atom is -0.336 e. The predicted molar refractivity (Wildman–Crippen MR) is 107 cm³/mol. The second-order valence-corrected chi connectivity index (χ2v) is 7.55. The van der Waals surface area contributed by atoms with Crippen LogP contribution in [0.1, 0.15) is 21.7 Å². The van der Waals surface area contributed by atoms with Crippen LogP contribution >= 0.6 is 11.6 Å². The molecular weight excluding hydrogens is 433 g/mol. The van der Waals surface area contributed by atoms with Gasteiger partial charge >= 0.3 is 6.18 Å². The summed E-state index contributed by atoms with van der Waals surface area (Å²) in [5, 5.41) is 4.50. The van der Waals surface area contributed by atoms with Gasteiger partial charge in [0.05, 0.1) is 22.7 Å². The molecule has 0 unspecified atom stereocenters. The number of carbonyl (C=O) groups is 1. The minimum atomic E-state index is -4.48. The van der Waals surface area contributed by atoms with Crippen LogP contribution in [0, 0.1) is 0 Å². The minimum absolute atomic E-state index is 0.0332. The summed E-state index contributed by atoms with van der Waals surface area (Å²) in [4.78, 5) is 20.6. The van der Waals surface area contributed by atoms with E-state index in [0.717, 1.165) is 12.1 Å². The molecule has 2 aromatic carbocycles. The molecule has 0 spiro atoms. The third-order valence-corrected chi connectivity index (χ3v) is 5.36. The predicted octanol–water partition coefficient (Wildman–Crippen LogP) is 4.37. The molecule has 162 valence electrons. The summed E-state index contributed by atoms with van der Waals surface area (Å²) in [6, 6.07) is 11.7. The molecule has 1 fully saturated rings. The summed E-state index contributed by atoms with van der Waals surface area (Å²) in [6.07, 6.45) is -4.48. The van der Waals surface area contributed by atoms with Crippen LogP contribution in [0.4, 0.5) is 13.2 Å². The molecule has 6 nitrogen and oxygen atoms in total. The van der Waals surface area contributed by atoms with Gasteiger partial charge in [-0.05, 0) is 30.3 Å². The Morgan fingerprint density at radius 1 is 1.06 bits per heavy atom. The van der Waals surface area contributed by atoms with Gasteiger partial charge in [-0.15, -0.1) is 0 Å². The van der Waals surface area contributed by atoms with E-state index >= 15 is 0 Å². The van der Waals surface area contributed by atoms with E-state index in [1.54, 1.807) is 17.0 Å². The maximum Gasteiger partial charge on any atom is 0.416 e. The van der Waals surface area contributed by atoms with Gasteiger partial charge in [-0.3, -0.25) is 9.69 Å². The smallest absolute Gasteiger partial charge is 0.336 e. The second kappa shape index (κ2) is 8.68. The van der Waals surface area contributed by atoms with Gasteiger partial charge in [-0.2, -0.15) is 18.2 Å². The fourth-order valence-electron chi connectivity index (χ4n) is 3.38. The number of benzene rings is 2. The van der Waals surface area contributed by atoms with E-state index in [-0.39, 0.29) is 5.56 Å². The highest BCUT2D eigenvalue weighted by Crippen LogP contribution is 2.30. The third kappa shape index (κ3) is 4.88. The molecule has 0 aliphatic carbocycles. The number of rotatable bonds is 4. The van der Waals surface area contributed by atoms with Crippen LogP contribution in [0.5, 0.6) is 0 Å². The van der Waals surface area contributed by atoms with Gasteiger partial charge in [0.15, 0.2) is 5.82 Å². The molecule has 4 rings (SSSR count). The molecule has 31 heavy (non-hydrogen) atoms. The van der Waals surface area contributed by atoms with Gasteiger partial charge in [0.1, 0.15) is 0 Å². The summed E-state index contributed by atoms with van der Waals surface area (Å²) in [6.45, 7) is 2.30. The lowest BCUT2D eigenvalue weighted by Crippen LogP contribution is -2.48. The number of nitrogens with zero attached hydrogens (tertiary/aromatic N) is 4. The molecule has 0 atom stereocenters. The second-order valence-electron chi connectivity index (χ2n) is 7.14. The zero-order valence-corrected chi connectivity index (χ0v) is 17.0. The third-order valence-electron chi connectivity index (χ3n) is 5.03. The van der Waals surface area contributed by atoms with Crippen molar-refractivity contribution in [1.29, 1.82) is 0 Å². The molecule has 10 heteroatoms. The number of hydrogen-bond donors (Lipinski definition) is 0. The summed E-state index contributed by atoms with van der Waals surface area (Å²) in [5.74, 6) is 0.415. The Morgan fingerprint density at radius 2 is 1.81 bits per heavy atom. The Hall–Kier alpha value is -2.91. The van der Waals surface area contributed by atoms with E-state index in [1.807, 2.05) is 12.1 Å². The normalized spacial score (nSPS) is 15.3. The summed E-state index contributed by atoms with van der Waals surface area (Å²) in [5.41, 5.74) is -0.145. The van der Waals surface area contributed by atoms with Crippen molar-refractivity contribution in [2.24, 2.45) is 0 Å². The molecule has 0 radical (unpaired) electrons. The van der Waals surface area contributed by atoms with Crippen molar-refractivity contribution >= 4 is 17.5 Å². The Morgan fingerprint density at radius 3 is 2.52 bits per heavy atom. The molecule has 1 saturated heterocycles. The van der Waals surface area contributed by atoms with E-state index in [2.05, 4.69) is 15.0 Å². The average Bonchev–Trinajstić information content (AvgIpc) is 3.22. The molecule has 0 N–H and O–H groups in total. The van der Waals surface area contributed by atoms with Crippen LogP contribution in [0.15, 0.2) is 53.1 Å².